The van der Waals surface area contributed by atoms with E-state index in [-0.39, 0.29) is 12.2 Å². The number of rotatable bonds is 8. The van der Waals surface area contributed by atoms with Crippen LogP contribution in [-0.4, -0.2) is 19.3 Å². The molecule has 1 aliphatic rings. The van der Waals surface area contributed by atoms with Crippen LogP contribution in [0.5, 0.6) is 0 Å². The molecule has 2 aromatic carbocycles. The zero-order valence-corrected chi connectivity index (χ0v) is 16.2. The van der Waals surface area contributed by atoms with Gasteiger partial charge in [-0.05, 0) is 35.2 Å². The zero-order valence-electron chi connectivity index (χ0n) is 16.2. The van der Waals surface area contributed by atoms with E-state index in [1.807, 2.05) is 24.3 Å². The minimum Gasteiger partial charge on any atom is -0.373 e. The average molecular weight is 364 g/mol. The van der Waals surface area contributed by atoms with Crippen molar-refractivity contribution >= 4 is 0 Å². The fourth-order valence-corrected chi connectivity index (χ4v) is 3.51. The second kappa shape index (κ2) is 10.3. The van der Waals surface area contributed by atoms with Crippen LogP contribution in [0.2, 0.25) is 0 Å². The van der Waals surface area contributed by atoms with Gasteiger partial charge in [-0.15, -0.1) is 0 Å². The first-order valence-corrected chi connectivity index (χ1v) is 10.1. The molecule has 0 aliphatic carbocycles. The van der Waals surface area contributed by atoms with E-state index in [0.717, 1.165) is 23.1 Å². The maximum Gasteiger partial charge on any atom is 0.106 e. The summed E-state index contributed by atoms with van der Waals surface area (Å²) in [4.78, 5) is 0. The minimum absolute atomic E-state index is 0.0244. The van der Waals surface area contributed by atoms with Crippen molar-refractivity contribution in [3.63, 3.8) is 0 Å². The summed E-state index contributed by atoms with van der Waals surface area (Å²) in [7, 11) is 0. The Morgan fingerprint density at radius 3 is 2.11 bits per heavy atom. The van der Waals surface area contributed by atoms with E-state index in [1.165, 1.54) is 32.1 Å². The van der Waals surface area contributed by atoms with Crippen LogP contribution in [0.3, 0.4) is 0 Å². The molecule has 0 radical (unpaired) electrons. The van der Waals surface area contributed by atoms with Gasteiger partial charge in [0.25, 0.3) is 0 Å². The van der Waals surface area contributed by atoms with Crippen molar-refractivity contribution in [3.8, 4) is 17.2 Å². The Balaban J connectivity index is 1.48. The number of ether oxygens (including phenoxy) is 2. The monoisotopic (exact) mass is 363 g/mol. The molecule has 0 N–H and O–H groups in total. The Labute approximate surface area is 162 Å². The van der Waals surface area contributed by atoms with Gasteiger partial charge in [0.1, 0.15) is 6.10 Å². The lowest BCUT2D eigenvalue weighted by Crippen LogP contribution is -2.31. The van der Waals surface area contributed by atoms with Crippen molar-refractivity contribution in [2.45, 2.75) is 57.7 Å². The highest BCUT2D eigenvalue weighted by Crippen LogP contribution is 2.27. The van der Waals surface area contributed by atoms with Crippen molar-refractivity contribution in [1.82, 2.24) is 0 Å². The first-order valence-electron chi connectivity index (χ1n) is 10.1. The molecule has 1 fully saturated rings. The number of nitrogens with zero attached hydrogens (tertiary/aromatic N) is 1. The highest BCUT2D eigenvalue weighted by Gasteiger charge is 2.23. The Kier molecular flexibility index (Phi) is 7.45. The number of nitriles is 1. The van der Waals surface area contributed by atoms with Crippen molar-refractivity contribution in [2.75, 3.05) is 13.2 Å². The van der Waals surface area contributed by atoms with Crippen molar-refractivity contribution in [3.05, 3.63) is 59.7 Å². The largest absolute Gasteiger partial charge is 0.373 e. The van der Waals surface area contributed by atoms with Gasteiger partial charge in [0, 0.05) is 0 Å². The fraction of sp³-hybridized carbons (Fsp3) is 0.458. The number of unbranched alkanes of at least 4 members (excludes halogenated alkanes) is 4. The maximum atomic E-state index is 8.90. The highest BCUT2D eigenvalue weighted by atomic mass is 16.6. The molecule has 3 rings (SSSR count). The van der Waals surface area contributed by atoms with Crippen LogP contribution in [0.25, 0.3) is 11.1 Å². The molecule has 142 valence electrons. The van der Waals surface area contributed by atoms with Gasteiger partial charge in [-0.25, -0.2) is 0 Å². The fourth-order valence-electron chi connectivity index (χ4n) is 3.51. The third-order valence-corrected chi connectivity index (χ3v) is 5.23. The third-order valence-electron chi connectivity index (χ3n) is 5.23. The molecule has 1 aliphatic heterocycles. The standard InChI is InChI=1S/C24H29NO2/c1-2-3-4-5-6-7-23-17-27-24(18-26-23)22-14-12-21(13-15-22)20-10-8-19(16-25)9-11-20/h8-15,23-24H,2-7,17-18H2,1H3/t23-,24-/m1/s1. The van der Waals surface area contributed by atoms with E-state index in [4.69, 9.17) is 14.7 Å². The lowest BCUT2D eigenvalue weighted by Gasteiger charge is -2.30. The molecule has 27 heavy (non-hydrogen) atoms. The maximum absolute atomic E-state index is 8.90. The molecule has 1 heterocycles. The van der Waals surface area contributed by atoms with E-state index < -0.39 is 0 Å². The molecular formula is C24H29NO2. The van der Waals surface area contributed by atoms with Gasteiger partial charge < -0.3 is 9.47 Å². The number of hydrogen-bond acceptors (Lipinski definition) is 3. The molecule has 0 bridgehead atoms. The van der Waals surface area contributed by atoms with Crippen LogP contribution in [-0.2, 0) is 9.47 Å². The summed E-state index contributed by atoms with van der Waals surface area (Å²) >= 11 is 0. The van der Waals surface area contributed by atoms with Gasteiger partial charge >= 0.3 is 0 Å². The predicted molar refractivity (Wildman–Crippen MR) is 108 cm³/mol. The first kappa shape index (κ1) is 19.6. The normalized spacial score (nSPS) is 19.6. The quantitative estimate of drug-likeness (QED) is 0.537. The molecule has 0 amide bonds. The van der Waals surface area contributed by atoms with Crippen LogP contribution in [0.1, 0.15) is 62.7 Å². The van der Waals surface area contributed by atoms with E-state index >= 15 is 0 Å². The van der Waals surface area contributed by atoms with Crippen LogP contribution in [0, 0.1) is 11.3 Å². The zero-order chi connectivity index (χ0) is 18.9. The van der Waals surface area contributed by atoms with Crippen LogP contribution < -0.4 is 0 Å². The first-order chi connectivity index (χ1) is 13.3. The van der Waals surface area contributed by atoms with E-state index in [9.17, 15) is 0 Å². The second-order valence-electron chi connectivity index (χ2n) is 7.29. The Morgan fingerprint density at radius 1 is 0.852 bits per heavy atom. The van der Waals surface area contributed by atoms with Crippen LogP contribution in [0.4, 0.5) is 0 Å². The smallest absolute Gasteiger partial charge is 0.106 e. The van der Waals surface area contributed by atoms with Gasteiger partial charge in [-0.2, -0.15) is 5.26 Å². The van der Waals surface area contributed by atoms with Crippen LogP contribution >= 0.6 is 0 Å². The van der Waals surface area contributed by atoms with Gasteiger partial charge in [0.15, 0.2) is 0 Å². The molecule has 2 aromatic rings. The molecule has 0 unspecified atom stereocenters. The van der Waals surface area contributed by atoms with Gasteiger partial charge in [-0.1, -0.05) is 75.4 Å². The summed E-state index contributed by atoms with van der Waals surface area (Å²) in [5.41, 5.74) is 4.10. The number of hydrogen-bond donors (Lipinski definition) is 0. The number of benzene rings is 2. The summed E-state index contributed by atoms with van der Waals surface area (Å²) in [6.45, 7) is 3.57. The molecular weight excluding hydrogens is 334 g/mol. The average Bonchev–Trinajstić information content (AvgIpc) is 2.74. The molecule has 3 heteroatoms. The summed E-state index contributed by atoms with van der Waals surface area (Å²) in [6.07, 6.45) is 7.87. The Bertz CT molecular complexity index is 722. The summed E-state index contributed by atoms with van der Waals surface area (Å²) in [5, 5.41) is 8.90. The lowest BCUT2D eigenvalue weighted by molar-refractivity contribution is -0.137. The molecule has 1 saturated heterocycles. The predicted octanol–water partition coefficient (Wildman–Crippen LogP) is 6.04. The molecule has 3 nitrogen and oxygen atoms in total. The van der Waals surface area contributed by atoms with Crippen LogP contribution in [0.15, 0.2) is 48.5 Å². The van der Waals surface area contributed by atoms with Crippen molar-refractivity contribution in [2.24, 2.45) is 0 Å². The molecule has 0 aromatic heterocycles. The molecule has 2 atom stereocenters. The van der Waals surface area contributed by atoms with Crippen molar-refractivity contribution < 1.29 is 9.47 Å². The Morgan fingerprint density at radius 2 is 1.52 bits per heavy atom. The second-order valence-corrected chi connectivity index (χ2v) is 7.29. The minimum atomic E-state index is 0.0244. The summed E-state index contributed by atoms with van der Waals surface area (Å²) < 4.78 is 12.1. The van der Waals surface area contributed by atoms with Gasteiger partial charge in [0.05, 0.1) is 31.0 Å². The summed E-state index contributed by atoms with van der Waals surface area (Å²) in [6, 6.07) is 18.3. The molecule has 0 saturated carbocycles. The Hall–Kier alpha value is -2.15. The highest BCUT2D eigenvalue weighted by molar-refractivity contribution is 5.64. The van der Waals surface area contributed by atoms with Gasteiger partial charge in [0.2, 0.25) is 0 Å². The van der Waals surface area contributed by atoms with E-state index in [0.29, 0.717) is 18.8 Å². The topological polar surface area (TPSA) is 42.2 Å². The van der Waals surface area contributed by atoms with E-state index in [2.05, 4.69) is 37.3 Å². The SMILES string of the molecule is CCCCCCC[C@@H]1CO[C@@H](c2ccc(-c3ccc(C#N)cc3)cc2)CO1. The van der Waals surface area contributed by atoms with Gasteiger partial charge in [-0.3, -0.25) is 0 Å². The lowest BCUT2D eigenvalue weighted by atomic mass is 10.0. The van der Waals surface area contributed by atoms with Crippen molar-refractivity contribution in [1.29, 1.82) is 5.26 Å². The molecule has 0 spiro atoms. The van der Waals surface area contributed by atoms with E-state index in [1.54, 1.807) is 0 Å². The third kappa shape index (κ3) is 5.66. The summed E-state index contributed by atoms with van der Waals surface area (Å²) in [5.74, 6) is 0.